The molecule has 1 aliphatic rings. The van der Waals surface area contributed by atoms with E-state index in [0.717, 1.165) is 0 Å². The van der Waals surface area contributed by atoms with Crippen molar-refractivity contribution >= 4 is 29.1 Å². The fourth-order valence-corrected chi connectivity index (χ4v) is 2.76. The van der Waals surface area contributed by atoms with Gasteiger partial charge in [0.2, 0.25) is 5.91 Å². The Kier molecular flexibility index (Phi) is 4.30. The fraction of sp³-hybridized carbons (Fsp3) is 0.176. The average Bonchev–Trinajstić information content (AvgIpc) is 2.88. The maximum atomic E-state index is 13.0. The molecule has 3 rings (SSSR count). The number of nitrogens with zero attached hydrogens (tertiary/aromatic N) is 1. The molecule has 6 heteroatoms. The van der Waals surface area contributed by atoms with Gasteiger partial charge in [-0.3, -0.25) is 9.59 Å². The summed E-state index contributed by atoms with van der Waals surface area (Å²) in [6, 6.07) is 12.0. The molecule has 0 saturated carbocycles. The molecule has 1 saturated heterocycles. The maximum absolute atomic E-state index is 13.0. The van der Waals surface area contributed by atoms with Crippen LogP contribution in [-0.4, -0.2) is 24.4 Å². The Labute approximate surface area is 137 Å². The van der Waals surface area contributed by atoms with Gasteiger partial charge in [-0.2, -0.15) is 0 Å². The predicted octanol–water partition coefficient (Wildman–Crippen LogP) is 3.01. The van der Waals surface area contributed by atoms with Crippen molar-refractivity contribution in [3.8, 4) is 0 Å². The minimum absolute atomic E-state index is 0.104. The van der Waals surface area contributed by atoms with Gasteiger partial charge in [-0.25, -0.2) is 4.39 Å². The molecule has 0 bridgehead atoms. The molecule has 1 heterocycles. The van der Waals surface area contributed by atoms with Crippen molar-refractivity contribution in [2.24, 2.45) is 0 Å². The molecule has 0 aliphatic carbocycles. The van der Waals surface area contributed by atoms with Gasteiger partial charge in [0, 0.05) is 29.2 Å². The van der Waals surface area contributed by atoms with Crippen molar-refractivity contribution in [1.29, 1.82) is 0 Å². The molecule has 23 heavy (non-hydrogen) atoms. The summed E-state index contributed by atoms with van der Waals surface area (Å²) in [5, 5.41) is 3.31. The second kappa shape index (κ2) is 6.38. The van der Waals surface area contributed by atoms with E-state index in [1.54, 1.807) is 41.3 Å². The third-order valence-electron chi connectivity index (χ3n) is 3.69. The van der Waals surface area contributed by atoms with Crippen LogP contribution in [0.3, 0.4) is 0 Å². The van der Waals surface area contributed by atoms with Crippen LogP contribution in [0.2, 0.25) is 5.02 Å². The van der Waals surface area contributed by atoms with Crippen LogP contribution < -0.4 is 10.2 Å². The second-order valence-corrected chi connectivity index (χ2v) is 5.80. The summed E-state index contributed by atoms with van der Waals surface area (Å²) in [7, 11) is 0. The lowest BCUT2D eigenvalue weighted by Gasteiger charge is -2.17. The van der Waals surface area contributed by atoms with E-state index in [0.29, 0.717) is 22.8 Å². The van der Waals surface area contributed by atoms with Crippen LogP contribution in [0.1, 0.15) is 16.8 Å². The van der Waals surface area contributed by atoms with Crippen molar-refractivity contribution in [2.75, 3.05) is 11.4 Å². The van der Waals surface area contributed by atoms with Gasteiger partial charge in [-0.1, -0.05) is 17.7 Å². The molecule has 1 fully saturated rings. The quantitative estimate of drug-likeness (QED) is 0.939. The summed E-state index contributed by atoms with van der Waals surface area (Å²) < 4.78 is 13.0. The molecule has 0 unspecified atom stereocenters. The minimum atomic E-state index is -0.355. The van der Waals surface area contributed by atoms with Crippen LogP contribution in [0.5, 0.6) is 0 Å². The number of rotatable bonds is 3. The summed E-state index contributed by atoms with van der Waals surface area (Å²) in [5.41, 5.74) is 1.07. The van der Waals surface area contributed by atoms with Crippen LogP contribution >= 0.6 is 11.6 Å². The van der Waals surface area contributed by atoms with Gasteiger partial charge in [-0.05, 0) is 42.5 Å². The maximum Gasteiger partial charge on any atom is 0.251 e. The first-order chi connectivity index (χ1) is 11.0. The number of carbonyl (C=O) groups excluding carboxylic acids is 2. The Morgan fingerprint density at radius 2 is 1.96 bits per heavy atom. The molecule has 1 aliphatic heterocycles. The Hall–Kier alpha value is -2.40. The topological polar surface area (TPSA) is 49.4 Å². The van der Waals surface area contributed by atoms with Gasteiger partial charge in [0.05, 0.1) is 6.04 Å². The highest BCUT2D eigenvalue weighted by atomic mass is 35.5. The summed E-state index contributed by atoms with van der Waals surface area (Å²) in [5.74, 6) is -0.731. The molecule has 0 radical (unpaired) electrons. The van der Waals surface area contributed by atoms with Gasteiger partial charge in [0.25, 0.3) is 5.91 Å². The van der Waals surface area contributed by atoms with E-state index in [-0.39, 0.29) is 30.1 Å². The number of hydrogen-bond donors (Lipinski definition) is 1. The van der Waals surface area contributed by atoms with Crippen molar-refractivity contribution in [1.82, 2.24) is 5.32 Å². The van der Waals surface area contributed by atoms with Crippen LogP contribution in [0, 0.1) is 5.82 Å². The molecule has 118 valence electrons. The molecular weight excluding hydrogens is 319 g/mol. The van der Waals surface area contributed by atoms with Crippen LogP contribution in [0.4, 0.5) is 10.1 Å². The first kappa shape index (κ1) is 15.5. The summed E-state index contributed by atoms with van der Waals surface area (Å²) >= 11 is 5.87. The minimum Gasteiger partial charge on any atom is -0.347 e. The fourth-order valence-electron chi connectivity index (χ4n) is 2.57. The summed E-state index contributed by atoms with van der Waals surface area (Å²) in [4.78, 5) is 25.8. The van der Waals surface area contributed by atoms with Gasteiger partial charge in [0.15, 0.2) is 0 Å². The smallest absolute Gasteiger partial charge is 0.251 e. The molecule has 0 aromatic heterocycles. The molecule has 1 N–H and O–H groups in total. The van der Waals surface area contributed by atoms with E-state index in [9.17, 15) is 14.0 Å². The van der Waals surface area contributed by atoms with E-state index in [2.05, 4.69) is 5.32 Å². The molecule has 2 amide bonds. The van der Waals surface area contributed by atoms with Crippen LogP contribution in [0.15, 0.2) is 48.5 Å². The van der Waals surface area contributed by atoms with Crippen molar-refractivity contribution in [3.63, 3.8) is 0 Å². The largest absolute Gasteiger partial charge is 0.347 e. The van der Waals surface area contributed by atoms with E-state index < -0.39 is 0 Å². The number of carbonyl (C=O) groups is 2. The first-order valence-corrected chi connectivity index (χ1v) is 7.53. The van der Waals surface area contributed by atoms with Gasteiger partial charge < -0.3 is 10.2 Å². The Morgan fingerprint density at radius 1 is 1.22 bits per heavy atom. The predicted molar refractivity (Wildman–Crippen MR) is 86.1 cm³/mol. The Bertz CT molecular complexity index is 749. The molecule has 4 nitrogen and oxygen atoms in total. The van der Waals surface area contributed by atoms with Gasteiger partial charge in [-0.15, -0.1) is 0 Å². The van der Waals surface area contributed by atoms with Crippen molar-refractivity contribution in [2.45, 2.75) is 12.5 Å². The first-order valence-electron chi connectivity index (χ1n) is 7.15. The number of nitrogens with one attached hydrogen (secondary N) is 1. The number of hydrogen-bond acceptors (Lipinski definition) is 2. The molecule has 2 aromatic carbocycles. The molecule has 2 aromatic rings. The molecule has 1 atom stereocenters. The highest BCUT2D eigenvalue weighted by Crippen LogP contribution is 2.22. The molecular formula is C17H14ClFN2O2. The third kappa shape index (κ3) is 3.51. The Balaban J connectivity index is 1.68. The molecule has 0 spiro atoms. The normalized spacial score (nSPS) is 17.4. The lowest BCUT2D eigenvalue weighted by atomic mass is 10.2. The van der Waals surface area contributed by atoms with Gasteiger partial charge in [0.1, 0.15) is 5.82 Å². The zero-order valence-corrected chi connectivity index (χ0v) is 12.9. The average molecular weight is 333 g/mol. The van der Waals surface area contributed by atoms with Gasteiger partial charge >= 0.3 is 0 Å². The second-order valence-electron chi connectivity index (χ2n) is 5.37. The zero-order valence-electron chi connectivity index (χ0n) is 12.1. The summed E-state index contributed by atoms with van der Waals surface area (Å²) in [6.07, 6.45) is 0.212. The van der Waals surface area contributed by atoms with Crippen LogP contribution in [0.25, 0.3) is 0 Å². The number of halogens is 2. The summed E-state index contributed by atoms with van der Waals surface area (Å²) in [6.45, 7) is 0.358. The SMILES string of the molecule is O=C(N[C@H]1CC(=O)N(c2ccc(F)cc2)C1)c1cccc(Cl)c1. The lowest BCUT2D eigenvalue weighted by Crippen LogP contribution is -2.37. The van der Waals surface area contributed by atoms with Crippen molar-refractivity contribution in [3.05, 3.63) is 64.9 Å². The Morgan fingerprint density at radius 3 is 2.65 bits per heavy atom. The van der Waals surface area contributed by atoms with E-state index in [1.807, 2.05) is 0 Å². The van der Waals surface area contributed by atoms with E-state index in [4.69, 9.17) is 11.6 Å². The number of benzene rings is 2. The van der Waals surface area contributed by atoms with Crippen LogP contribution in [-0.2, 0) is 4.79 Å². The standard InChI is InChI=1S/C17H14ClFN2O2/c18-12-3-1-2-11(8-12)17(23)20-14-9-16(22)21(10-14)15-6-4-13(19)5-7-15/h1-8,14H,9-10H2,(H,20,23)/t14-/m0/s1. The van der Waals surface area contributed by atoms with Crippen molar-refractivity contribution < 1.29 is 14.0 Å². The van der Waals surface area contributed by atoms with E-state index >= 15 is 0 Å². The number of amides is 2. The highest BCUT2D eigenvalue weighted by molar-refractivity contribution is 6.30. The number of anilines is 1. The zero-order chi connectivity index (χ0) is 16.4. The lowest BCUT2D eigenvalue weighted by molar-refractivity contribution is -0.117. The monoisotopic (exact) mass is 332 g/mol. The van der Waals surface area contributed by atoms with E-state index in [1.165, 1.54) is 12.1 Å². The highest BCUT2D eigenvalue weighted by Gasteiger charge is 2.31. The third-order valence-corrected chi connectivity index (χ3v) is 3.92.